The molecule has 5 rings (SSSR count). The van der Waals surface area contributed by atoms with Crippen LogP contribution in [0.1, 0.15) is 18.4 Å². The van der Waals surface area contributed by atoms with Crippen molar-refractivity contribution in [3.8, 4) is 0 Å². The Morgan fingerprint density at radius 3 is 2.46 bits per heavy atom. The van der Waals surface area contributed by atoms with Crippen LogP contribution in [0.15, 0.2) is 84.9 Å². The molecule has 6 nitrogen and oxygen atoms in total. The predicted molar refractivity (Wildman–Crippen MR) is 139 cm³/mol. The maximum atomic E-state index is 13.1. The topological polar surface area (TPSA) is 78.5 Å². The molecule has 4 aromatic rings. The second-order valence-electron chi connectivity index (χ2n) is 8.32. The lowest BCUT2D eigenvalue weighted by Crippen LogP contribution is -2.26. The van der Waals surface area contributed by atoms with Crippen LogP contribution < -0.4 is 15.5 Å². The highest BCUT2D eigenvalue weighted by Crippen LogP contribution is 2.41. The Morgan fingerprint density at radius 2 is 1.66 bits per heavy atom. The zero-order chi connectivity index (χ0) is 24.4. The minimum atomic E-state index is -0.351. The summed E-state index contributed by atoms with van der Waals surface area (Å²) in [6, 6.07) is 26.0. The summed E-state index contributed by atoms with van der Waals surface area (Å²) in [7, 11) is 0. The molecule has 1 heterocycles. The van der Waals surface area contributed by atoms with Gasteiger partial charge in [0.15, 0.2) is 0 Å². The average molecular weight is 484 g/mol. The van der Waals surface area contributed by atoms with Gasteiger partial charge in [0.1, 0.15) is 6.42 Å². The van der Waals surface area contributed by atoms with Crippen LogP contribution in [-0.4, -0.2) is 17.7 Å². The van der Waals surface area contributed by atoms with E-state index in [1.54, 1.807) is 29.2 Å². The van der Waals surface area contributed by atoms with E-state index in [0.29, 0.717) is 40.6 Å². The summed E-state index contributed by atoms with van der Waals surface area (Å²) in [6.45, 7) is 0. The van der Waals surface area contributed by atoms with Crippen LogP contribution in [-0.2, 0) is 20.8 Å². The maximum absolute atomic E-state index is 13.1. The summed E-state index contributed by atoms with van der Waals surface area (Å²) >= 11 is 6.17. The Kier molecular flexibility index (Phi) is 6.21. The van der Waals surface area contributed by atoms with Gasteiger partial charge in [-0.05, 0) is 53.8 Å². The molecule has 0 fully saturated rings. The lowest BCUT2D eigenvalue weighted by atomic mass is 10.1. The monoisotopic (exact) mass is 483 g/mol. The quantitative estimate of drug-likeness (QED) is 0.338. The highest BCUT2D eigenvalue weighted by atomic mass is 35.5. The fourth-order valence-corrected chi connectivity index (χ4v) is 4.50. The Balaban J connectivity index is 1.39. The van der Waals surface area contributed by atoms with Gasteiger partial charge in [-0.2, -0.15) is 0 Å². The molecule has 0 aliphatic carbocycles. The summed E-state index contributed by atoms with van der Waals surface area (Å²) in [4.78, 5) is 39.5. The van der Waals surface area contributed by atoms with Gasteiger partial charge in [-0.15, -0.1) is 0 Å². The summed E-state index contributed by atoms with van der Waals surface area (Å²) < 4.78 is 0. The van der Waals surface area contributed by atoms with Crippen LogP contribution in [0.5, 0.6) is 0 Å². The van der Waals surface area contributed by atoms with Crippen molar-refractivity contribution in [1.29, 1.82) is 0 Å². The molecule has 0 saturated carbocycles. The van der Waals surface area contributed by atoms with Crippen LogP contribution in [0.4, 0.5) is 22.7 Å². The van der Waals surface area contributed by atoms with Crippen molar-refractivity contribution in [3.05, 3.63) is 95.5 Å². The van der Waals surface area contributed by atoms with E-state index < -0.39 is 0 Å². The number of amides is 3. The molecule has 0 bridgehead atoms. The Hall–Kier alpha value is -4.16. The second-order valence-corrected chi connectivity index (χ2v) is 8.73. The molecule has 35 heavy (non-hydrogen) atoms. The highest BCUT2D eigenvalue weighted by Gasteiger charge is 2.29. The molecule has 0 unspecified atom stereocenters. The number of fused-ring (bicyclic) bond motifs is 3. The molecule has 4 aromatic carbocycles. The number of carbonyl (C=O) groups is 3. The Labute approximate surface area is 207 Å². The van der Waals surface area contributed by atoms with Gasteiger partial charge in [0.05, 0.1) is 11.4 Å². The van der Waals surface area contributed by atoms with Gasteiger partial charge < -0.3 is 10.6 Å². The van der Waals surface area contributed by atoms with Crippen molar-refractivity contribution >= 4 is 62.8 Å². The van der Waals surface area contributed by atoms with Gasteiger partial charge in [-0.25, -0.2) is 0 Å². The smallest absolute Gasteiger partial charge is 0.241 e. The minimum Gasteiger partial charge on any atom is -0.326 e. The lowest BCUT2D eigenvalue weighted by molar-refractivity contribution is -0.124. The molecule has 174 valence electrons. The van der Waals surface area contributed by atoms with Crippen LogP contribution in [0.3, 0.4) is 0 Å². The van der Waals surface area contributed by atoms with Crippen LogP contribution >= 0.6 is 11.6 Å². The molecule has 7 heteroatoms. The molecule has 0 atom stereocenters. The molecular weight excluding hydrogens is 462 g/mol. The van der Waals surface area contributed by atoms with Crippen molar-refractivity contribution in [1.82, 2.24) is 0 Å². The lowest BCUT2D eigenvalue weighted by Gasteiger charge is -2.24. The molecule has 2 N–H and O–H groups in total. The van der Waals surface area contributed by atoms with Crippen molar-refractivity contribution < 1.29 is 14.4 Å². The number of hydrogen-bond donors (Lipinski definition) is 2. The van der Waals surface area contributed by atoms with Crippen LogP contribution in [0.25, 0.3) is 10.8 Å². The summed E-state index contributed by atoms with van der Waals surface area (Å²) in [5.41, 5.74) is 3.37. The van der Waals surface area contributed by atoms with E-state index in [1.165, 1.54) is 0 Å². The van der Waals surface area contributed by atoms with Crippen molar-refractivity contribution in [2.75, 3.05) is 15.5 Å². The van der Waals surface area contributed by atoms with Crippen LogP contribution in [0, 0.1) is 0 Å². The SMILES string of the molecule is O=C(CCc1ccccc1Cl)Nc1ccc(N2C(=O)CC(=O)Nc3ccc4ccccc4c32)cc1. The van der Waals surface area contributed by atoms with E-state index in [1.807, 2.05) is 60.7 Å². The number of nitrogens with zero attached hydrogens (tertiary/aromatic N) is 1. The first kappa shape index (κ1) is 22.6. The number of hydrogen-bond acceptors (Lipinski definition) is 3. The molecule has 1 aliphatic rings. The minimum absolute atomic E-state index is 0.130. The zero-order valence-electron chi connectivity index (χ0n) is 18.8. The van der Waals surface area contributed by atoms with Crippen molar-refractivity contribution in [2.24, 2.45) is 0 Å². The molecular formula is C28H22ClN3O3. The number of benzene rings is 4. The summed E-state index contributed by atoms with van der Waals surface area (Å²) in [5, 5.41) is 8.20. The van der Waals surface area contributed by atoms with E-state index in [-0.39, 0.29) is 24.1 Å². The predicted octanol–water partition coefficient (Wildman–Crippen LogP) is 6.07. The number of rotatable bonds is 5. The molecule has 1 aliphatic heterocycles. The summed E-state index contributed by atoms with van der Waals surface area (Å²) in [6.07, 6.45) is 0.573. The van der Waals surface area contributed by atoms with Gasteiger partial charge in [0, 0.05) is 28.2 Å². The largest absolute Gasteiger partial charge is 0.326 e. The molecule has 3 amide bonds. The van der Waals surface area contributed by atoms with E-state index in [9.17, 15) is 14.4 Å². The van der Waals surface area contributed by atoms with Crippen molar-refractivity contribution in [3.63, 3.8) is 0 Å². The standard InChI is InChI=1S/C28H22ClN3O3/c29-23-8-4-2-6-19(23)10-16-25(33)30-20-11-13-21(14-12-20)32-27(35)17-26(34)31-24-15-9-18-5-1-3-7-22(18)28(24)32/h1-9,11-15H,10,16-17H2,(H,30,33)(H,31,34). The van der Waals surface area contributed by atoms with Gasteiger partial charge in [-0.3, -0.25) is 19.3 Å². The fraction of sp³-hybridized carbons (Fsp3) is 0.107. The number of anilines is 4. The number of aryl methyl sites for hydroxylation is 1. The Morgan fingerprint density at radius 1 is 0.914 bits per heavy atom. The van der Waals surface area contributed by atoms with E-state index in [0.717, 1.165) is 16.3 Å². The third kappa shape index (κ3) is 4.74. The van der Waals surface area contributed by atoms with Crippen LogP contribution in [0.2, 0.25) is 5.02 Å². The first-order valence-corrected chi connectivity index (χ1v) is 11.7. The highest BCUT2D eigenvalue weighted by molar-refractivity contribution is 6.31. The van der Waals surface area contributed by atoms with Gasteiger partial charge in [0.2, 0.25) is 17.7 Å². The fourth-order valence-electron chi connectivity index (χ4n) is 4.27. The third-order valence-corrected chi connectivity index (χ3v) is 6.32. The number of carbonyl (C=O) groups excluding carboxylic acids is 3. The number of nitrogens with one attached hydrogen (secondary N) is 2. The summed E-state index contributed by atoms with van der Waals surface area (Å²) in [5.74, 6) is -0.805. The maximum Gasteiger partial charge on any atom is 0.241 e. The molecule has 0 radical (unpaired) electrons. The third-order valence-electron chi connectivity index (χ3n) is 5.95. The molecule has 0 saturated heterocycles. The first-order valence-electron chi connectivity index (χ1n) is 11.3. The van der Waals surface area contributed by atoms with E-state index >= 15 is 0 Å². The molecule has 0 aromatic heterocycles. The first-order chi connectivity index (χ1) is 17.0. The van der Waals surface area contributed by atoms with Crippen molar-refractivity contribution in [2.45, 2.75) is 19.3 Å². The molecule has 0 spiro atoms. The van der Waals surface area contributed by atoms with E-state index in [4.69, 9.17) is 11.6 Å². The zero-order valence-corrected chi connectivity index (χ0v) is 19.5. The van der Waals surface area contributed by atoms with Gasteiger partial charge in [-0.1, -0.05) is 60.1 Å². The van der Waals surface area contributed by atoms with Gasteiger partial charge >= 0.3 is 0 Å². The number of halogens is 1. The van der Waals surface area contributed by atoms with E-state index in [2.05, 4.69) is 10.6 Å². The normalized spacial score (nSPS) is 13.2. The van der Waals surface area contributed by atoms with Gasteiger partial charge in [0.25, 0.3) is 0 Å². The second kappa shape index (κ2) is 9.60. The average Bonchev–Trinajstić information content (AvgIpc) is 2.98. The Bertz CT molecular complexity index is 1450.